The summed E-state index contributed by atoms with van der Waals surface area (Å²) < 4.78 is 6.74. The minimum absolute atomic E-state index is 0.156. The number of ether oxygens (including phenoxy) is 1. The highest BCUT2D eigenvalue weighted by Crippen LogP contribution is 2.37. The highest BCUT2D eigenvalue weighted by molar-refractivity contribution is 5.56. The Labute approximate surface area is 169 Å². The summed E-state index contributed by atoms with van der Waals surface area (Å²) in [6.45, 7) is 2.29. The van der Waals surface area contributed by atoms with Crippen LogP contribution in [0.25, 0.3) is 5.69 Å². The second-order valence-electron chi connectivity index (χ2n) is 7.50. The summed E-state index contributed by atoms with van der Waals surface area (Å²) >= 11 is 0. The van der Waals surface area contributed by atoms with Crippen molar-refractivity contribution in [2.24, 2.45) is 0 Å². The molecule has 2 unspecified atom stereocenters. The van der Waals surface area contributed by atoms with Crippen LogP contribution in [0.1, 0.15) is 23.5 Å². The summed E-state index contributed by atoms with van der Waals surface area (Å²) in [5.74, 6) is -0.225. The van der Waals surface area contributed by atoms with E-state index in [0.717, 1.165) is 18.7 Å². The number of likely N-dealkylation sites (tertiary alicyclic amines) is 1. The fourth-order valence-electron chi connectivity index (χ4n) is 3.93. The van der Waals surface area contributed by atoms with E-state index < -0.39 is 6.10 Å². The number of phenolic OH excluding ortho intramolecular Hbond substituents is 2. The van der Waals surface area contributed by atoms with Crippen molar-refractivity contribution in [2.45, 2.75) is 25.0 Å². The molecule has 0 aliphatic carbocycles. The monoisotopic (exact) mass is 395 g/mol. The molecule has 2 aromatic carbocycles. The third-order valence-electron chi connectivity index (χ3n) is 5.35. The molecule has 1 aliphatic heterocycles. The Kier molecular flexibility index (Phi) is 5.42. The lowest BCUT2D eigenvalue weighted by Crippen LogP contribution is -2.41. The third kappa shape index (κ3) is 4.21. The highest BCUT2D eigenvalue weighted by Gasteiger charge is 2.28. The molecule has 2 heterocycles. The van der Waals surface area contributed by atoms with Crippen LogP contribution in [-0.2, 0) is 6.54 Å². The maximum Gasteiger partial charge on any atom is 0.200 e. The zero-order valence-electron chi connectivity index (χ0n) is 16.3. The second-order valence-corrected chi connectivity index (χ2v) is 7.50. The zero-order valence-corrected chi connectivity index (χ0v) is 16.3. The number of aromatic hydroxyl groups is 2. The van der Waals surface area contributed by atoms with Crippen molar-refractivity contribution >= 4 is 0 Å². The summed E-state index contributed by atoms with van der Waals surface area (Å²) in [5.41, 5.74) is 2.83. The molecule has 0 radical (unpaired) electrons. The molecule has 3 N–H and O–H groups in total. The predicted molar refractivity (Wildman–Crippen MR) is 109 cm³/mol. The lowest BCUT2D eigenvalue weighted by Gasteiger charge is -2.35. The smallest absolute Gasteiger partial charge is 0.200 e. The second kappa shape index (κ2) is 8.14. The normalized spacial score (nSPS) is 19.9. The van der Waals surface area contributed by atoms with E-state index in [2.05, 4.69) is 22.1 Å². The van der Waals surface area contributed by atoms with Gasteiger partial charge in [-0.25, -0.2) is 4.68 Å². The van der Waals surface area contributed by atoms with Gasteiger partial charge in [-0.3, -0.25) is 4.90 Å². The Bertz CT molecular complexity index is 973. The molecule has 4 rings (SSSR count). The van der Waals surface area contributed by atoms with Gasteiger partial charge in [-0.2, -0.15) is 5.10 Å². The number of aromatic nitrogens is 2. The van der Waals surface area contributed by atoms with Gasteiger partial charge < -0.3 is 20.1 Å². The highest BCUT2D eigenvalue weighted by atomic mass is 16.5. The minimum atomic E-state index is -0.390. The van der Waals surface area contributed by atoms with Crippen LogP contribution in [0.4, 0.5) is 0 Å². The average Bonchev–Trinajstić information content (AvgIpc) is 3.21. The van der Waals surface area contributed by atoms with Gasteiger partial charge in [0.15, 0.2) is 11.5 Å². The molecule has 0 saturated carbocycles. The van der Waals surface area contributed by atoms with Gasteiger partial charge in [-0.05, 0) is 17.5 Å². The van der Waals surface area contributed by atoms with E-state index >= 15 is 0 Å². The van der Waals surface area contributed by atoms with Crippen LogP contribution in [0.3, 0.4) is 0 Å². The molecular formula is C22H25N3O4. The summed E-state index contributed by atoms with van der Waals surface area (Å²) in [6.07, 6.45) is 3.98. The molecule has 1 aliphatic rings. The first kappa shape index (κ1) is 19.3. The Balaban J connectivity index is 1.53. The van der Waals surface area contributed by atoms with Gasteiger partial charge in [0.25, 0.3) is 0 Å². The van der Waals surface area contributed by atoms with Crippen molar-refractivity contribution in [3.63, 3.8) is 0 Å². The van der Waals surface area contributed by atoms with Gasteiger partial charge in [-0.15, -0.1) is 0 Å². The van der Waals surface area contributed by atoms with Crippen LogP contribution >= 0.6 is 0 Å². The van der Waals surface area contributed by atoms with Crippen molar-refractivity contribution in [3.05, 3.63) is 66.0 Å². The van der Waals surface area contributed by atoms with Gasteiger partial charge in [0.05, 0.1) is 25.1 Å². The van der Waals surface area contributed by atoms with E-state index in [1.165, 1.54) is 18.7 Å². The molecule has 1 saturated heterocycles. The van der Waals surface area contributed by atoms with Crippen LogP contribution < -0.4 is 4.74 Å². The summed E-state index contributed by atoms with van der Waals surface area (Å²) in [7, 11) is 1.43. The molecule has 29 heavy (non-hydrogen) atoms. The van der Waals surface area contributed by atoms with Gasteiger partial charge in [-0.1, -0.05) is 30.3 Å². The van der Waals surface area contributed by atoms with Crippen LogP contribution in [0, 0.1) is 0 Å². The summed E-state index contributed by atoms with van der Waals surface area (Å²) in [5, 5.41) is 34.6. The van der Waals surface area contributed by atoms with Crippen molar-refractivity contribution < 1.29 is 20.1 Å². The van der Waals surface area contributed by atoms with Crippen LogP contribution in [0.15, 0.2) is 54.9 Å². The number of nitrogens with zero attached hydrogens (tertiary/aromatic N) is 3. The lowest BCUT2D eigenvalue weighted by molar-refractivity contribution is 0.0549. The molecule has 1 aromatic heterocycles. The van der Waals surface area contributed by atoms with Crippen LogP contribution in [-0.4, -0.2) is 56.3 Å². The van der Waals surface area contributed by atoms with E-state index in [1.807, 2.05) is 24.4 Å². The maximum absolute atomic E-state index is 10.4. The number of methoxy groups -OCH3 is 1. The third-order valence-corrected chi connectivity index (χ3v) is 5.35. The number of piperidine rings is 1. The van der Waals surface area contributed by atoms with Gasteiger partial charge in [0, 0.05) is 43.9 Å². The molecule has 7 heteroatoms. The number of aliphatic hydroxyl groups excluding tert-OH is 1. The number of hydrogen-bond donors (Lipinski definition) is 3. The number of hydrogen-bond acceptors (Lipinski definition) is 6. The first-order valence-electron chi connectivity index (χ1n) is 9.62. The van der Waals surface area contributed by atoms with Gasteiger partial charge in [0.2, 0.25) is 5.75 Å². The first-order valence-corrected chi connectivity index (χ1v) is 9.62. The Morgan fingerprint density at radius 2 is 1.93 bits per heavy atom. The standard InChI is InChI=1S/C22H25N3O4/c1-29-21-9-18(8-20(27)22(21)28)25-13-17(10-23-25)16-7-19(26)14-24(12-16)11-15-5-3-2-4-6-15/h2-6,8-10,13,16,19,26-28H,7,11-12,14H2,1H3. The summed E-state index contributed by atoms with van der Waals surface area (Å²) in [6, 6.07) is 13.3. The van der Waals surface area contributed by atoms with Gasteiger partial charge in [0.1, 0.15) is 0 Å². The number of phenols is 2. The number of β-amino-alcohol motifs (C(OH)–C–C–N with tert-alkyl or cyclic N) is 1. The van der Waals surface area contributed by atoms with Crippen LogP contribution in [0.2, 0.25) is 0 Å². The van der Waals surface area contributed by atoms with Crippen LogP contribution in [0.5, 0.6) is 17.2 Å². The predicted octanol–water partition coefficient (Wildman–Crippen LogP) is 2.64. The molecule has 3 aromatic rings. The Morgan fingerprint density at radius 1 is 1.14 bits per heavy atom. The van der Waals surface area contributed by atoms with Crippen molar-refractivity contribution in [1.29, 1.82) is 0 Å². The fourth-order valence-corrected chi connectivity index (χ4v) is 3.93. The van der Waals surface area contributed by atoms with E-state index in [9.17, 15) is 15.3 Å². The van der Waals surface area contributed by atoms with Crippen molar-refractivity contribution in [1.82, 2.24) is 14.7 Å². The number of rotatable bonds is 5. The van der Waals surface area contributed by atoms with Gasteiger partial charge >= 0.3 is 0 Å². The van der Waals surface area contributed by atoms with E-state index in [0.29, 0.717) is 18.7 Å². The van der Waals surface area contributed by atoms with E-state index in [-0.39, 0.29) is 23.2 Å². The molecule has 152 valence electrons. The number of benzene rings is 2. The minimum Gasteiger partial charge on any atom is -0.504 e. The largest absolute Gasteiger partial charge is 0.504 e. The van der Waals surface area contributed by atoms with Crippen molar-refractivity contribution in [2.75, 3.05) is 20.2 Å². The first-order chi connectivity index (χ1) is 14.0. The van der Waals surface area contributed by atoms with E-state index in [4.69, 9.17) is 4.74 Å². The quantitative estimate of drug-likeness (QED) is 0.576. The Morgan fingerprint density at radius 3 is 2.69 bits per heavy atom. The molecule has 2 atom stereocenters. The topological polar surface area (TPSA) is 91.0 Å². The molecule has 0 amide bonds. The number of aliphatic hydroxyl groups is 1. The molecule has 1 fully saturated rings. The van der Waals surface area contributed by atoms with Crippen molar-refractivity contribution in [3.8, 4) is 22.9 Å². The molecule has 0 spiro atoms. The molecule has 7 nitrogen and oxygen atoms in total. The Hall–Kier alpha value is -3.03. The lowest BCUT2D eigenvalue weighted by atomic mass is 9.91. The summed E-state index contributed by atoms with van der Waals surface area (Å²) in [4.78, 5) is 2.26. The van der Waals surface area contributed by atoms with E-state index in [1.54, 1.807) is 16.9 Å². The zero-order chi connectivity index (χ0) is 20.4. The average molecular weight is 395 g/mol. The SMILES string of the molecule is COc1cc(-n2cc(C3CC(O)CN(Cc4ccccc4)C3)cn2)cc(O)c1O. The fraction of sp³-hybridized carbons (Fsp3) is 0.318. The molecular weight excluding hydrogens is 370 g/mol. The molecule has 0 bridgehead atoms. The maximum atomic E-state index is 10.4.